The molecule has 162 valence electrons. The Hall–Kier alpha value is -3.74. The van der Waals surface area contributed by atoms with Gasteiger partial charge in [-0.15, -0.1) is 0 Å². The van der Waals surface area contributed by atoms with Crippen LogP contribution in [0.2, 0.25) is 0 Å². The van der Waals surface area contributed by atoms with E-state index in [0.29, 0.717) is 17.9 Å². The zero-order valence-electron chi connectivity index (χ0n) is 18.3. The lowest BCUT2D eigenvalue weighted by Crippen LogP contribution is -2.31. The lowest BCUT2D eigenvalue weighted by Gasteiger charge is -2.34. The Bertz CT molecular complexity index is 1250. The van der Waals surface area contributed by atoms with E-state index >= 15 is 0 Å². The molecule has 5 rings (SSSR count). The highest BCUT2D eigenvalue weighted by Gasteiger charge is 2.47. The third kappa shape index (κ3) is 3.30. The van der Waals surface area contributed by atoms with Gasteiger partial charge in [-0.1, -0.05) is 32.9 Å². The molecule has 32 heavy (non-hydrogen) atoms. The van der Waals surface area contributed by atoms with Crippen LogP contribution in [-0.4, -0.2) is 28.4 Å². The zero-order chi connectivity index (χ0) is 22.5. The lowest BCUT2D eigenvalue weighted by atomic mass is 9.79. The van der Waals surface area contributed by atoms with Crippen LogP contribution in [-0.2, 0) is 21.5 Å². The van der Waals surface area contributed by atoms with Crippen molar-refractivity contribution in [3.63, 3.8) is 0 Å². The first-order valence-electron chi connectivity index (χ1n) is 10.5. The van der Waals surface area contributed by atoms with Crippen molar-refractivity contribution in [2.45, 2.75) is 32.7 Å². The van der Waals surface area contributed by atoms with Gasteiger partial charge in [0, 0.05) is 40.9 Å². The molecular formula is C25H24N4O3. The first-order valence-corrected chi connectivity index (χ1v) is 10.5. The molecule has 1 spiro atoms. The Morgan fingerprint density at radius 2 is 1.72 bits per heavy atom. The molecule has 1 unspecified atom stereocenters. The first-order chi connectivity index (χ1) is 15.3. The van der Waals surface area contributed by atoms with Crippen LogP contribution in [0.25, 0.3) is 11.1 Å². The summed E-state index contributed by atoms with van der Waals surface area (Å²) in [4.78, 5) is 25.6. The largest absolute Gasteiger partial charge is 0.462 e. The van der Waals surface area contributed by atoms with E-state index in [2.05, 4.69) is 9.97 Å². The molecule has 2 aromatic carbocycles. The molecule has 1 aromatic heterocycles. The summed E-state index contributed by atoms with van der Waals surface area (Å²) < 4.78 is 11.9. The summed E-state index contributed by atoms with van der Waals surface area (Å²) in [6.45, 7) is 6.05. The predicted octanol–water partition coefficient (Wildman–Crippen LogP) is 4.00. The molecule has 0 bridgehead atoms. The van der Waals surface area contributed by atoms with Crippen LogP contribution >= 0.6 is 0 Å². The fraction of sp³-hybridized carbons (Fsp3) is 0.280. The molecule has 2 aliphatic heterocycles. The molecule has 3 aromatic rings. The smallest absolute Gasteiger partial charge is 0.283 e. The number of aliphatic imine (C=N–C) groups is 1. The molecule has 0 aliphatic carbocycles. The van der Waals surface area contributed by atoms with Crippen LogP contribution in [0.1, 0.15) is 37.5 Å². The van der Waals surface area contributed by atoms with Crippen molar-refractivity contribution in [1.29, 1.82) is 0 Å². The summed E-state index contributed by atoms with van der Waals surface area (Å²) in [6.07, 6.45) is 5.36. The predicted molar refractivity (Wildman–Crippen MR) is 121 cm³/mol. The van der Waals surface area contributed by atoms with Gasteiger partial charge in [0.1, 0.15) is 30.2 Å². The Labute approximate surface area is 186 Å². The number of fused-ring (bicyclic) bond motifs is 4. The molecule has 2 N–H and O–H groups in total. The molecule has 0 radical (unpaired) electrons. The second-order valence-electron chi connectivity index (χ2n) is 9.22. The molecule has 0 fully saturated rings. The second kappa shape index (κ2) is 7.15. The number of hydrogen-bond donors (Lipinski definition) is 1. The number of ketones is 1. The Morgan fingerprint density at radius 3 is 2.38 bits per heavy atom. The van der Waals surface area contributed by atoms with Crippen molar-refractivity contribution in [1.82, 2.24) is 9.97 Å². The number of ether oxygens (including phenoxy) is 2. The topological polar surface area (TPSA) is 99.7 Å². The number of hydrogen-bond acceptors (Lipinski definition) is 7. The van der Waals surface area contributed by atoms with Gasteiger partial charge in [-0.3, -0.25) is 4.79 Å². The van der Waals surface area contributed by atoms with Crippen molar-refractivity contribution in [2.75, 3.05) is 6.61 Å². The number of nitrogens with zero attached hydrogens (tertiary/aromatic N) is 3. The number of Topliss-reactive ketones (excluding diaryl/α,β-unsaturated/α-hetero) is 1. The van der Waals surface area contributed by atoms with E-state index in [1.807, 2.05) is 57.2 Å². The SMILES string of the molecule is CC(C)(C)C(=O)Cc1ccc2c(c1)C1(COC(N)=N1)c1cc(-c3cncnc3)ccc1O2. The van der Waals surface area contributed by atoms with Gasteiger partial charge in [0.15, 0.2) is 5.54 Å². The minimum Gasteiger partial charge on any atom is -0.462 e. The quantitative estimate of drug-likeness (QED) is 0.677. The Morgan fingerprint density at radius 1 is 1.03 bits per heavy atom. The third-order valence-corrected chi connectivity index (χ3v) is 5.96. The molecule has 3 heterocycles. The number of rotatable bonds is 3. The van der Waals surface area contributed by atoms with Crippen molar-refractivity contribution < 1.29 is 14.3 Å². The van der Waals surface area contributed by atoms with E-state index in [9.17, 15) is 4.79 Å². The molecule has 2 aliphatic rings. The number of nitrogens with two attached hydrogens (primary N) is 1. The molecule has 0 saturated heterocycles. The van der Waals surface area contributed by atoms with Crippen LogP contribution < -0.4 is 10.5 Å². The van der Waals surface area contributed by atoms with E-state index < -0.39 is 11.0 Å². The van der Waals surface area contributed by atoms with E-state index in [4.69, 9.17) is 20.2 Å². The fourth-order valence-corrected chi connectivity index (χ4v) is 4.09. The van der Waals surface area contributed by atoms with Crippen LogP contribution in [0.4, 0.5) is 0 Å². The molecule has 0 amide bonds. The monoisotopic (exact) mass is 428 g/mol. The van der Waals surface area contributed by atoms with Gasteiger partial charge in [0.05, 0.1) is 0 Å². The average Bonchev–Trinajstić information content (AvgIpc) is 3.16. The van der Waals surface area contributed by atoms with E-state index in [1.54, 1.807) is 12.4 Å². The Kier molecular flexibility index (Phi) is 4.51. The van der Waals surface area contributed by atoms with Crippen LogP contribution in [0.3, 0.4) is 0 Å². The van der Waals surface area contributed by atoms with Gasteiger partial charge >= 0.3 is 0 Å². The average molecular weight is 428 g/mol. The maximum absolute atomic E-state index is 12.7. The van der Waals surface area contributed by atoms with Gasteiger partial charge < -0.3 is 15.2 Å². The number of benzene rings is 2. The van der Waals surface area contributed by atoms with Crippen molar-refractivity contribution >= 4 is 11.8 Å². The maximum atomic E-state index is 12.7. The number of amidine groups is 1. The minimum atomic E-state index is -0.848. The molecule has 7 heteroatoms. The third-order valence-electron chi connectivity index (χ3n) is 5.96. The Balaban J connectivity index is 1.64. The normalized spacial score (nSPS) is 18.9. The number of carbonyl (C=O) groups excluding carboxylic acids is 1. The van der Waals surface area contributed by atoms with Crippen LogP contribution in [0.5, 0.6) is 11.5 Å². The lowest BCUT2D eigenvalue weighted by molar-refractivity contribution is -0.125. The maximum Gasteiger partial charge on any atom is 0.283 e. The fourth-order valence-electron chi connectivity index (χ4n) is 4.09. The van der Waals surface area contributed by atoms with Crippen LogP contribution in [0.15, 0.2) is 60.1 Å². The van der Waals surface area contributed by atoms with E-state index in [-0.39, 0.29) is 18.4 Å². The number of aromatic nitrogens is 2. The second-order valence-corrected chi connectivity index (χ2v) is 9.22. The summed E-state index contributed by atoms with van der Waals surface area (Å²) >= 11 is 0. The van der Waals surface area contributed by atoms with Crippen LogP contribution in [0, 0.1) is 5.41 Å². The molecular weight excluding hydrogens is 404 g/mol. The van der Waals surface area contributed by atoms with Gasteiger partial charge in [-0.2, -0.15) is 0 Å². The van der Waals surface area contributed by atoms with Crippen molar-refractivity contribution in [2.24, 2.45) is 16.1 Å². The molecule has 0 saturated carbocycles. The summed E-state index contributed by atoms with van der Waals surface area (Å²) in [6, 6.07) is 11.9. The summed E-state index contributed by atoms with van der Waals surface area (Å²) in [7, 11) is 0. The highest BCUT2D eigenvalue weighted by atomic mass is 16.5. The minimum absolute atomic E-state index is 0.133. The van der Waals surface area contributed by atoms with Gasteiger partial charge in [-0.25, -0.2) is 15.0 Å². The van der Waals surface area contributed by atoms with Gasteiger partial charge in [0.25, 0.3) is 6.02 Å². The summed E-state index contributed by atoms with van der Waals surface area (Å²) in [5, 5.41) is 0. The number of carbonyl (C=O) groups is 1. The van der Waals surface area contributed by atoms with Crippen molar-refractivity contribution in [3.05, 3.63) is 71.8 Å². The zero-order valence-corrected chi connectivity index (χ0v) is 18.3. The summed E-state index contributed by atoms with van der Waals surface area (Å²) in [5.74, 6) is 1.54. The highest BCUT2D eigenvalue weighted by molar-refractivity contribution is 5.86. The standard InChI is InChI=1S/C25H24N4O3/c1-24(2,3)22(30)9-15-4-6-20-18(8-15)25(13-31-23(26)29-25)19-10-16(5-7-21(19)32-20)17-11-27-14-28-12-17/h4-8,10-12,14H,9,13H2,1-3H3,(H2,26,29). The van der Waals surface area contributed by atoms with Crippen molar-refractivity contribution in [3.8, 4) is 22.6 Å². The summed E-state index contributed by atoms with van der Waals surface area (Å²) in [5.41, 5.74) is 9.15. The molecule has 7 nitrogen and oxygen atoms in total. The van der Waals surface area contributed by atoms with E-state index in [0.717, 1.165) is 27.8 Å². The highest BCUT2D eigenvalue weighted by Crippen LogP contribution is 2.51. The van der Waals surface area contributed by atoms with E-state index in [1.165, 1.54) is 6.33 Å². The molecule has 1 atom stereocenters. The van der Waals surface area contributed by atoms with Gasteiger partial charge in [0.2, 0.25) is 0 Å². The van der Waals surface area contributed by atoms with Gasteiger partial charge in [-0.05, 0) is 35.4 Å². The first kappa shape index (κ1) is 20.2.